The van der Waals surface area contributed by atoms with Crippen LogP contribution in [0.25, 0.3) is 0 Å². The molecule has 0 saturated carbocycles. The van der Waals surface area contributed by atoms with Crippen molar-refractivity contribution in [1.29, 1.82) is 0 Å². The van der Waals surface area contributed by atoms with E-state index < -0.39 is 32.4 Å². The lowest BCUT2D eigenvalue weighted by molar-refractivity contribution is 0.382. The molecule has 0 aliphatic carbocycles. The standard InChI is InChI=1S/C15H12F3NO2S/c16-12-5-6-13(15(18)14(12)17)22(20,21)19-8-7-10-3-1-2-4-11(10)9-19/h1-6H,7-9H2. The van der Waals surface area contributed by atoms with Gasteiger partial charge in [-0.1, -0.05) is 24.3 Å². The van der Waals surface area contributed by atoms with Crippen molar-refractivity contribution in [3.63, 3.8) is 0 Å². The molecule has 0 fully saturated rings. The molecule has 0 atom stereocenters. The Hall–Kier alpha value is -1.86. The number of hydrogen-bond acceptors (Lipinski definition) is 2. The molecule has 22 heavy (non-hydrogen) atoms. The minimum absolute atomic E-state index is 0.0803. The van der Waals surface area contributed by atoms with Gasteiger partial charge in [-0.3, -0.25) is 0 Å². The molecule has 7 heteroatoms. The van der Waals surface area contributed by atoms with Crippen molar-refractivity contribution >= 4 is 10.0 Å². The zero-order chi connectivity index (χ0) is 15.9. The van der Waals surface area contributed by atoms with E-state index in [2.05, 4.69) is 0 Å². The largest absolute Gasteiger partial charge is 0.246 e. The lowest BCUT2D eigenvalue weighted by Crippen LogP contribution is -2.36. The normalized spacial score (nSPS) is 15.6. The van der Waals surface area contributed by atoms with Crippen molar-refractivity contribution < 1.29 is 21.6 Å². The van der Waals surface area contributed by atoms with Gasteiger partial charge in [0.05, 0.1) is 0 Å². The molecule has 0 unspecified atom stereocenters. The van der Waals surface area contributed by atoms with Gasteiger partial charge in [0.15, 0.2) is 17.5 Å². The first-order valence-corrected chi connectivity index (χ1v) is 8.05. The molecule has 1 aliphatic rings. The maximum Gasteiger partial charge on any atom is 0.246 e. The number of benzene rings is 2. The molecule has 0 aromatic heterocycles. The Morgan fingerprint density at radius 1 is 0.909 bits per heavy atom. The van der Waals surface area contributed by atoms with Crippen LogP contribution in [0.5, 0.6) is 0 Å². The zero-order valence-corrected chi connectivity index (χ0v) is 12.2. The van der Waals surface area contributed by atoms with Gasteiger partial charge in [0, 0.05) is 13.1 Å². The maximum absolute atomic E-state index is 13.8. The molecule has 0 saturated heterocycles. The van der Waals surface area contributed by atoms with Crippen LogP contribution >= 0.6 is 0 Å². The molecule has 2 aromatic rings. The topological polar surface area (TPSA) is 37.4 Å². The highest BCUT2D eigenvalue weighted by atomic mass is 32.2. The van der Waals surface area contributed by atoms with E-state index in [-0.39, 0.29) is 13.1 Å². The smallest absolute Gasteiger partial charge is 0.207 e. The highest BCUT2D eigenvalue weighted by molar-refractivity contribution is 7.89. The maximum atomic E-state index is 13.8. The summed E-state index contributed by atoms with van der Waals surface area (Å²) in [4.78, 5) is -0.842. The summed E-state index contributed by atoms with van der Waals surface area (Å²) in [5, 5.41) is 0. The quantitative estimate of drug-likeness (QED) is 0.796. The lowest BCUT2D eigenvalue weighted by atomic mass is 10.0. The molecule has 0 bridgehead atoms. The molecule has 0 spiro atoms. The summed E-state index contributed by atoms with van der Waals surface area (Å²) in [6.07, 6.45) is 0.487. The second-order valence-corrected chi connectivity index (χ2v) is 6.94. The number of nitrogens with zero attached hydrogens (tertiary/aromatic N) is 1. The lowest BCUT2D eigenvalue weighted by Gasteiger charge is -2.28. The molecule has 0 amide bonds. The fraction of sp³-hybridized carbons (Fsp3) is 0.200. The van der Waals surface area contributed by atoms with Gasteiger partial charge in [-0.05, 0) is 29.7 Å². The fourth-order valence-electron chi connectivity index (χ4n) is 2.52. The van der Waals surface area contributed by atoms with E-state index in [4.69, 9.17) is 0 Å². The van der Waals surface area contributed by atoms with Gasteiger partial charge in [0.25, 0.3) is 0 Å². The summed E-state index contributed by atoms with van der Waals surface area (Å²) in [6.45, 7) is 0.245. The van der Waals surface area contributed by atoms with Crippen molar-refractivity contribution in [2.75, 3.05) is 6.54 Å². The summed E-state index contributed by atoms with van der Waals surface area (Å²) < 4.78 is 66.1. The van der Waals surface area contributed by atoms with E-state index >= 15 is 0 Å². The molecule has 0 radical (unpaired) electrons. The van der Waals surface area contributed by atoms with Crippen LogP contribution in [0.15, 0.2) is 41.3 Å². The van der Waals surface area contributed by atoms with E-state index in [1.807, 2.05) is 12.1 Å². The summed E-state index contributed by atoms with van der Waals surface area (Å²) >= 11 is 0. The van der Waals surface area contributed by atoms with Crippen LogP contribution in [-0.4, -0.2) is 19.3 Å². The monoisotopic (exact) mass is 327 g/mol. The average Bonchev–Trinajstić information content (AvgIpc) is 2.52. The van der Waals surface area contributed by atoms with Crippen LogP contribution in [0.3, 0.4) is 0 Å². The van der Waals surface area contributed by atoms with E-state index in [1.54, 1.807) is 12.1 Å². The first kappa shape index (κ1) is 15.1. The summed E-state index contributed by atoms with van der Waals surface area (Å²) in [7, 11) is -4.22. The number of hydrogen-bond donors (Lipinski definition) is 0. The van der Waals surface area contributed by atoms with Gasteiger partial charge in [0.1, 0.15) is 4.90 Å². The van der Waals surface area contributed by atoms with Gasteiger partial charge in [-0.2, -0.15) is 4.31 Å². The predicted molar refractivity (Wildman–Crippen MR) is 74.1 cm³/mol. The van der Waals surface area contributed by atoms with Gasteiger partial charge in [0.2, 0.25) is 10.0 Å². The van der Waals surface area contributed by atoms with E-state index in [0.717, 1.165) is 21.5 Å². The van der Waals surface area contributed by atoms with Crippen LogP contribution in [0, 0.1) is 17.5 Å². The molecular formula is C15H12F3NO2S. The van der Waals surface area contributed by atoms with Crippen LogP contribution in [0.1, 0.15) is 11.1 Å². The third-order valence-electron chi connectivity index (χ3n) is 3.71. The van der Waals surface area contributed by atoms with Crippen LogP contribution in [0.2, 0.25) is 0 Å². The van der Waals surface area contributed by atoms with Gasteiger partial charge in [-0.15, -0.1) is 0 Å². The Bertz CT molecular complexity index is 837. The fourth-order valence-corrected chi connectivity index (χ4v) is 4.00. The Kier molecular flexibility index (Phi) is 3.70. The van der Waals surface area contributed by atoms with E-state index in [1.165, 1.54) is 0 Å². The van der Waals surface area contributed by atoms with Crippen molar-refractivity contribution in [1.82, 2.24) is 4.31 Å². The van der Waals surface area contributed by atoms with E-state index in [9.17, 15) is 21.6 Å². The van der Waals surface area contributed by atoms with Crippen molar-refractivity contribution in [3.8, 4) is 0 Å². The molecule has 3 nitrogen and oxygen atoms in total. The number of sulfonamides is 1. The van der Waals surface area contributed by atoms with E-state index in [0.29, 0.717) is 12.5 Å². The number of fused-ring (bicyclic) bond motifs is 1. The average molecular weight is 327 g/mol. The molecule has 1 heterocycles. The van der Waals surface area contributed by atoms with Gasteiger partial charge in [-0.25, -0.2) is 21.6 Å². The first-order chi connectivity index (χ1) is 10.4. The zero-order valence-electron chi connectivity index (χ0n) is 11.4. The SMILES string of the molecule is O=S(=O)(c1ccc(F)c(F)c1F)N1CCc2ccccc2C1. The summed E-state index contributed by atoms with van der Waals surface area (Å²) in [5.74, 6) is -4.88. The second-order valence-electron chi connectivity index (χ2n) is 5.03. The minimum atomic E-state index is -4.22. The molecule has 2 aromatic carbocycles. The van der Waals surface area contributed by atoms with Crippen molar-refractivity contribution in [2.24, 2.45) is 0 Å². The Labute approximate surface area is 126 Å². The highest BCUT2D eigenvalue weighted by Crippen LogP contribution is 2.27. The minimum Gasteiger partial charge on any atom is -0.207 e. The Balaban J connectivity index is 2.00. The molecule has 116 valence electrons. The Morgan fingerprint density at radius 3 is 2.32 bits per heavy atom. The van der Waals surface area contributed by atoms with Crippen LogP contribution in [-0.2, 0) is 23.0 Å². The van der Waals surface area contributed by atoms with Crippen molar-refractivity contribution in [2.45, 2.75) is 17.9 Å². The van der Waals surface area contributed by atoms with Crippen LogP contribution < -0.4 is 0 Å². The Morgan fingerprint density at radius 2 is 1.59 bits per heavy atom. The van der Waals surface area contributed by atoms with Crippen LogP contribution in [0.4, 0.5) is 13.2 Å². The highest BCUT2D eigenvalue weighted by Gasteiger charge is 2.32. The number of halogens is 3. The van der Waals surface area contributed by atoms with Crippen molar-refractivity contribution in [3.05, 3.63) is 65.0 Å². The van der Waals surface area contributed by atoms with Gasteiger partial charge < -0.3 is 0 Å². The third kappa shape index (κ3) is 2.40. The third-order valence-corrected chi connectivity index (χ3v) is 5.58. The van der Waals surface area contributed by atoms with Gasteiger partial charge >= 0.3 is 0 Å². The molecule has 3 rings (SSSR count). The molecule has 1 aliphatic heterocycles. The summed E-state index contributed by atoms with van der Waals surface area (Å²) in [6, 6.07) is 8.70. The predicted octanol–water partition coefficient (Wildman–Crippen LogP) is 2.85. The second kappa shape index (κ2) is 5.40. The molecule has 0 N–H and O–H groups in total. The number of rotatable bonds is 2. The molecular weight excluding hydrogens is 315 g/mol. The first-order valence-electron chi connectivity index (χ1n) is 6.61. The summed E-state index contributed by atoms with van der Waals surface area (Å²) in [5.41, 5.74) is 1.85.